The van der Waals surface area contributed by atoms with Crippen LogP contribution in [-0.2, 0) is 18.3 Å². The van der Waals surface area contributed by atoms with Crippen LogP contribution in [-0.4, -0.2) is 20.9 Å². The molecule has 0 saturated heterocycles. The largest absolute Gasteiger partial charge is 0.481 e. The Morgan fingerprint density at radius 3 is 2.71 bits per heavy atom. The second kappa shape index (κ2) is 5.21. The summed E-state index contributed by atoms with van der Waals surface area (Å²) in [5.74, 6) is -0.308. The lowest BCUT2D eigenvalue weighted by atomic mass is 9.87. The first-order valence-electron chi connectivity index (χ1n) is 6.02. The highest BCUT2D eigenvalue weighted by molar-refractivity contribution is 9.10. The SMILES string of the molecule is Cn1nc(CC(=O)O)c(Br)c1C1CCCCC1. The third-order valence-corrected chi connectivity index (χ3v) is 4.27. The monoisotopic (exact) mass is 300 g/mol. The zero-order valence-corrected chi connectivity index (χ0v) is 11.5. The number of aliphatic carboxylic acids is 1. The van der Waals surface area contributed by atoms with E-state index < -0.39 is 5.97 Å². The van der Waals surface area contributed by atoms with Crippen LogP contribution in [0.4, 0.5) is 0 Å². The molecule has 4 nitrogen and oxygen atoms in total. The van der Waals surface area contributed by atoms with Gasteiger partial charge in [0.1, 0.15) is 0 Å². The number of nitrogens with zero attached hydrogens (tertiary/aromatic N) is 2. The molecule has 1 heterocycles. The molecule has 2 rings (SSSR count). The molecule has 94 valence electrons. The molecule has 0 aliphatic heterocycles. The molecular weight excluding hydrogens is 284 g/mol. The second-order valence-corrected chi connectivity index (χ2v) is 5.47. The zero-order valence-electron chi connectivity index (χ0n) is 9.95. The minimum Gasteiger partial charge on any atom is -0.481 e. The summed E-state index contributed by atoms with van der Waals surface area (Å²) in [4.78, 5) is 10.7. The fraction of sp³-hybridized carbons (Fsp3) is 0.667. The van der Waals surface area contributed by atoms with Crippen molar-refractivity contribution in [3.05, 3.63) is 15.9 Å². The van der Waals surface area contributed by atoms with Gasteiger partial charge in [-0.05, 0) is 28.8 Å². The van der Waals surface area contributed by atoms with Gasteiger partial charge in [-0.2, -0.15) is 5.10 Å². The summed E-state index contributed by atoms with van der Waals surface area (Å²) >= 11 is 3.52. The number of aromatic nitrogens is 2. The maximum atomic E-state index is 10.7. The minimum absolute atomic E-state index is 0.0128. The first-order valence-corrected chi connectivity index (χ1v) is 6.82. The third-order valence-electron chi connectivity index (χ3n) is 3.41. The van der Waals surface area contributed by atoms with E-state index in [1.807, 2.05) is 11.7 Å². The van der Waals surface area contributed by atoms with Gasteiger partial charge in [0.15, 0.2) is 0 Å². The van der Waals surface area contributed by atoms with E-state index in [-0.39, 0.29) is 6.42 Å². The van der Waals surface area contributed by atoms with Crippen LogP contribution in [0.2, 0.25) is 0 Å². The number of carboxylic acid groups (broad SMARTS) is 1. The lowest BCUT2D eigenvalue weighted by Crippen LogP contribution is -2.09. The van der Waals surface area contributed by atoms with E-state index in [0.29, 0.717) is 11.6 Å². The number of hydrogen-bond donors (Lipinski definition) is 1. The summed E-state index contributed by atoms with van der Waals surface area (Å²) < 4.78 is 2.74. The van der Waals surface area contributed by atoms with Gasteiger partial charge in [-0.1, -0.05) is 19.3 Å². The topological polar surface area (TPSA) is 55.1 Å². The minimum atomic E-state index is -0.834. The first-order chi connectivity index (χ1) is 8.09. The Balaban J connectivity index is 2.26. The molecule has 17 heavy (non-hydrogen) atoms. The van der Waals surface area contributed by atoms with E-state index in [1.54, 1.807) is 0 Å². The third kappa shape index (κ3) is 2.70. The summed E-state index contributed by atoms with van der Waals surface area (Å²) in [5, 5.41) is 13.1. The molecule has 1 aromatic heterocycles. The predicted octanol–water partition coefficient (Wildman–Crippen LogP) is 2.86. The Hall–Kier alpha value is -0.840. The normalized spacial score (nSPS) is 17.3. The van der Waals surface area contributed by atoms with Crippen LogP contribution >= 0.6 is 15.9 Å². The maximum Gasteiger partial charge on any atom is 0.309 e. The quantitative estimate of drug-likeness (QED) is 0.934. The van der Waals surface area contributed by atoms with Crippen LogP contribution in [0.5, 0.6) is 0 Å². The summed E-state index contributed by atoms with van der Waals surface area (Å²) in [5.41, 5.74) is 1.81. The Bertz CT molecular complexity index is 422. The van der Waals surface area contributed by atoms with Crippen molar-refractivity contribution >= 4 is 21.9 Å². The second-order valence-electron chi connectivity index (χ2n) is 4.67. The zero-order chi connectivity index (χ0) is 12.4. The van der Waals surface area contributed by atoms with Crippen LogP contribution in [0.3, 0.4) is 0 Å². The molecule has 1 saturated carbocycles. The average Bonchev–Trinajstić information content (AvgIpc) is 2.54. The molecule has 5 heteroatoms. The van der Waals surface area contributed by atoms with E-state index in [4.69, 9.17) is 5.11 Å². The average molecular weight is 301 g/mol. The summed E-state index contributed by atoms with van der Waals surface area (Å²) in [6, 6.07) is 0. The maximum absolute atomic E-state index is 10.7. The van der Waals surface area contributed by atoms with Crippen molar-refractivity contribution in [1.82, 2.24) is 9.78 Å². The molecule has 0 radical (unpaired) electrons. The lowest BCUT2D eigenvalue weighted by Gasteiger charge is -2.22. The number of aryl methyl sites for hydroxylation is 1. The molecule has 1 N–H and O–H groups in total. The van der Waals surface area contributed by atoms with Crippen molar-refractivity contribution in [2.45, 2.75) is 44.4 Å². The van der Waals surface area contributed by atoms with Gasteiger partial charge in [0, 0.05) is 13.0 Å². The molecule has 0 unspecified atom stereocenters. The number of carboxylic acids is 1. The fourth-order valence-corrected chi connectivity index (χ4v) is 3.44. The number of rotatable bonds is 3. The van der Waals surface area contributed by atoms with E-state index >= 15 is 0 Å². The summed E-state index contributed by atoms with van der Waals surface area (Å²) in [6.45, 7) is 0. The summed E-state index contributed by atoms with van der Waals surface area (Å²) in [6.07, 6.45) is 6.19. The molecule has 1 aliphatic rings. The van der Waals surface area contributed by atoms with Crippen molar-refractivity contribution in [3.63, 3.8) is 0 Å². The molecule has 0 aromatic carbocycles. The van der Waals surface area contributed by atoms with E-state index in [2.05, 4.69) is 21.0 Å². The van der Waals surface area contributed by atoms with Gasteiger partial charge < -0.3 is 5.11 Å². The van der Waals surface area contributed by atoms with Crippen molar-refractivity contribution in [3.8, 4) is 0 Å². The molecule has 0 bridgehead atoms. The highest BCUT2D eigenvalue weighted by Crippen LogP contribution is 2.37. The Kier molecular flexibility index (Phi) is 3.86. The molecule has 0 spiro atoms. The van der Waals surface area contributed by atoms with Crippen LogP contribution in [0.1, 0.15) is 49.4 Å². The molecule has 1 aliphatic carbocycles. The van der Waals surface area contributed by atoms with Crippen LogP contribution in [0, 0.1) is 0 Å². The number of hydrogen-bond acceptors (Lipinski definition) is 2. The fourth-order valence-electron chi connectivity index (χ4n) is 2.64. The smallest absolute Gasteiger partial charge is 0.309 e. The highest BCUT2D eigenvalue weighted by Gasteiger charge is 2.24. The van der Waals surface area contributed by atoms with Gasteiger partial charge in [-0.25, -0.2) is 0 Å². The van der Waals surface area contributed by atoms with Gasteiger partial charge >= 0.3 is 5.97 Å². The van der Waals surface area contributed by atoms with E-state index in [9.17, 15) is 4.79 Å². The standard InChI is InChI=1S/C12H17BrN2O2/c1-15-12(8-5-3-2-4-6-8)11(13)9(14-15)7-10(16)17/h8H,2-7H2,1H3,(H,16,17). The van der Waals surface area contributed by atoms with Crippen molar-refractivity contribution in [2.75, 3.05) is 0 Å². The van der Waals surface area contributed by atoms with Crippen molar-refractivity contribution < 1.29 is 9.90 Å². The highest BCUT2D eigenvalue weighted by atomic mass is 79.9. The molecular formula is C12H17BrN2O2. The lowest BCUT2D eigenvalue weighted by molar-refractivity contribution is -0.136. The van der Waals surface area contributed by atoms with E-state index in [1.165, 1.54) is 37.8 Å². The first kappa shape index (κ1) is 12.6. The predicted molar refractivity (Wildman–Crippen MR) is 68.1 cm³/mol. The molecule has 0 atom stereocenters. The Morgan fingerprint density at radius 2 is 2.12 bits per heavy atom. The van der Waals surface area contributed by atoms with Crippen LogP contribution in [0.25, 0.3) is 0 Å². The van der Waals surface area contributed by atoms with E-state index in [0.717, 1.165) is 4.47 Å². The Labute approximate surface area is 109 Å². The van der Waals surface area contributed by atoms with Crippen LogP contribution < -0.4 is 0 Å². The number of halogens is 1. The summed E-state index contributed by atoms with van der Waals surface area (Å²) in [7, 11) is 1.90. The van der Waals surface area contributed by atoms with Crippen molar-refractivity contribution in [2.24, 2.45) is 7.05 Å². The molecule has 1 fully saturated rings. The van der Waals surface area contributed by atoms with Gasteiger partial charge in [-0.15, -0.1) is 0 Å². The number of carbonyl (C=O) groups is 1. The van der Waals surface area contributed by atoms with Crippen molar-refractivity contribution in [1.29, 1.82) is 0 Å². The van der Waals surface area contributed by atoms with Crippen LogP contribution in [0.15, 0.2) is 4.47 Å². The Morgan fingerprint density at radius 1 is 1.47 bits per heavy atom. The molecule has 1 aromatic rings. The van der Waals surface area contributed by atoms with Gasteiger partial charge in [0.25, 0.3) is 0 Å². The van der Waals surface area contributed by atoms with Gasteiger partial charge in [0.05, 0.1) is 22.3 Å². The van der Waals surface area contributed by atoms with Gasteiger partial charge in [0.2, 0.25) is 0 Å². The molecule has 0 amide bonds. The van der Waals surface area contributed by atoms with Gasteiger partial charge in [-0.3, -0.25) is 9.48 Å².